The van der Waals surface area contributed by atoms with E-state index in [1.165, 1.54) is 70.0 Å². The lowest BCUT2D eigenvalue weighted by Crippen LogP contribution is -2.45. The number of H-pyrrole nitrogens is 3. The van der Waals surface area contributed by atoms with E-state index in [1.807, 2.05) is 0 Å². The second-order valence-corrected chi connectivity index (χ2v) is 47.4. The number of phosphoric acid groups is 1. The number of hydrogen-bond acceptors (Lipinski definition) is 47. The number of aromatic amines is 3. The first-order valence-electron chi connectivity index (χ1n) is 40.0. The number of halogens is 2. The fourth-order valence-electron chi connectivity index (χ4n) is 17.4. The first kappa shape index (κ1) is 93.3. The van der Waals surface area contributed by atoms with Crippen LogP contribution in [0.5, 0.6) is 0 Å². The molecule has 23 heterocycles. The number of nitrogens with one attached hydrogen (secondary N) is 3. The Kier molecular flexibility index (Phi) is 24.0. The first-order chi connectivity index (χ1) is 64.2. The van der Waals surface area contributed by atoms with Gasteiger partial charge in [-0.25, -0.2) is 62.8 Å². The average molecular weight is 2100 g/mol. The van der Waals surface area contributed by atoms with Gasteiger partial charge < -0.3 is 124 Å². The Labute approximate surface area is 775 Å². The molecule has 11 saturated heterocycles. The van der Waals surface area contributed by atoms with Crippen molar-refractivity contribution in [1.29, 1.82) is 0 Å². The summed E-state index contributed by atoms with van der Waals surface area (Å²) in [6.07, 6.45) is -12.1. The van der Waals surface area contributed by atoms with E-state index in [0.29, 0.717) is 33.7 Å². The normalized spacial score (nSPS) is 38.3. The van der Waals surface area contributed by atoms with Gasteiger partial charge in [0.15, 0.2) is 100 Å². The van der Waals surface area contributed by atoms with Crippen molar-refractivity contribution in [1.82, 2.24) is 102 Å². The molecule has 70 heteroatoms. The number of pyridine rings is 3. The SMILES string of the molecule is Nc1nc2c(ncn2[C@@H]2O[C@@H]3COP(=O)(S)O[C@H]4[C@H]5OC[C@]4(COP(O)(=S)O[C@@H]2C3)O[C@H]5n2cnc3c(N)ccnc32)c(=O)[nH]1.Nc1nc2c(ncn2[C@@H]2O[C@@H]3COP(O)(=S)O[C@H]4[C@H](F)[C@H](n5cnc6c(N)ccnc65)O[C@@H]4COP(=O)(O)O[C@@H]2[C@@H]3F)c(=O)[nH]1.Nc1nc2c(ncn2[C@@H]2O[C@@H]3COP(O)(=S)O[C@H]4[C@H]5OC[C@]4(COP(O)(=S)O[C@@H]2C3)O[C@H]5n2cnc3c(N)ccnc32)c(=O)[nH]1. The minimum absolute atomic E-state index is 0.00557. The monoisotopic (exact) mass is 2100 g/mol. The molecule has 11 fully saturated rings. The second-order valence-electron chi connectivity index (χ2n) is 32.0. The molecule has 20 N–H and O–H groups in total. The molecule has 10 bridgehead atoms. The highest BCUT2D eigenvalue weighted by Gasteiger charge is 2.68. The Bertz CT molecular complexity index is 6980. The van der Waals surface area contributed by atoms with Crippen LogP contribution < -0.4 is 51.1 Å². The molecule has 28 atom stereocenters. The topological polar surface area (TPSA) is 759 Å². The number of phosphoric ester groups is 1. The predicted molar refractivity (Wildman–Crippen MR) is 471 cm³/mol. The summed E-state index contributed by atoms with van der Waals surface area (Å²) in [6.45, 7) is -23.4. The molecule has 0 spiro atoms. The average Bonchev–Trinajstić information content (AvgIpc) is 1.56. The lowest BCUT2D eigenvalue weighted by Gasteiger charge is -2.33. The van der Waals surface area contributed by atoms with E-state index in [-0.39, 0.29) is 121 Å². The number of aromatic nitrogens is 21. The van der Waals surface area contributed by atoms with Crippen LogP contribution in [0, 0.1) is 0 Å². The molecule has 23 rings (SSSR count). The number of nitrogens with zero attached hydrogens (tertiary/aromatic N) is 18. The number of imidazole rings is 6. The number of thiol groups is 1. The van der Waals surface area contributed by atoms with E-state index in [2.05, 4.69) is 87.0 Å². The molecule has 0 saturated carbocycles. The van der Waals surface area contributed by atoms with Crippen LogP contribution in [0.2, 0.25) is 0 Å². The van der Waals surface area contributed by atoms with Crippen molar-refractivity contribution in [3.63, 3.8) is 0 Å². The minimum atomic E-state index is -5.17. The first-order valence-corrected chi connectivity index (χ1v) is 54.5. The third kappa shape index (κ3) is 17.4. The molecule has 0 aliphatic carbocycles. The van der Waals surface area contributed by atoms with E-state index in [1.54, 1.807) is 21.3 Å². The zero-order valence-electron chi connectivity index (χ0n) is 68.0. The van der Waals surface area contributed by atoms with Crippen LogP contribution >= 0.6 is 53.7 Å². The number of nitrogen functional groups attached to an aromatic ring is 6. The minimum Gasteiger partial charge on any atom is -0.397 e. The maximum atomic E-state index is 16.0. The maximum Gasteiger partial charge on any atom is 0.472 e. The van der Waals surface area contributed by atoms with Gasteiger partial charge in [0, 0.05) is 31.4 Å². The summed E-state index contributed by atoms with van der Waals surface area (Å²) in [5, 5.41) is 0. The number of hydrogen-bond donors (Lipinski definition) is 15. The van der Waals surface area contributed by atoms with Gasteiger partial charge in [-0.2, -0.15) is 15.0 Å². The van der Waals surface area contributed by atoms with Crippen LogP contribution in [0.1, 0.15) is 50.2 Å². The van der Waals surface area contributed by atoms with E-state index < -0.39 is 206 Å². The quantitative estimate of drug-likeness (QED) is 0.0816. The summed E-state index contributed by atoms with van der Waals surface area (Å²) >= 11 is 25.6. The summed E-state index contributed by atoms with van der Waals surface area (Å²) in [6, 6.07) is 4.74. The number of alkyl halides is 2. The van der Waals surface area contributed by atoms with Gasteiger partial charge >= 0.3 is 41.5 Å². The molecular weight excluding hydrogens is 2020 g/mol. The highest BCUT2D eigenvalue weighted by Crippen LogP contribution is 2.64. The molecule has 12 aromatic heterocycles. The third-order valence-electron chi connectivity index (χ3n) is 23.4. The van der Waals surface area contributed by atoms with Gasteiger partial charge in [-0.1, -0.05) is 12.2 Å². The molecule has 6 unspecified atom stereocenters. The molecule has 12 aromatic rings. The number of nitrogens with two attached hydrogens (primary N) is 6. The Balaban J connectivity index is 0.000000121. The zero-order valence-corrected chi connectivity index (χ0v) is 77.5. The third-order valence-corrected chi connectivity index (χ3v) is 32.2. The van der Waals surface area contributed by atoms with Gasteiger partial charge in [0.2, 0.25) is 17.8 Å². The van der Waals surface area contributed by atoms with Crippen molar-refractivity contribution in [3.05, 3.63) is 106 Å². The number of ether oxygens (including phenoxy) is 8. The molecule has 0 aromatic carbocycles. The Hall–Kier alpha value is -8.02. The fourth-order valence-corrected chi connectivity index (χ4v) is 25.7. The van der Waals surface area contributed by atoms with E-state index >= 15 is 8.78 Å². The van der Waals surface area contributed by atoms with Gasteiger partial charge in [0.05, 0.1) is 120 Å². The van der Waals surface area contributed by atoms with Gasteiger partial charge in [-0.3, -0.25) is 83.9 Å². The lowest BCUT2D eigenvalue weighted by molar-refractivity contribution is -0.183. The Morgan fingerprint density at radius 1 is 0.393 bits per heavy atom. The summed E-state index contributed by atoms with van der Waals surface area (Å²) in [5.74, 6) is -0.570. The van der Waals surface area contributed by atoms with Crippen molar-refractivity contribution in [3.8, 4) is 0 Å². The molecule has 722 valence electrons. The van der Waals surface area contributed by atoms with Crippen LogP contribution in [-0.2, 0) is 149 Å². The van der Waals surface area contributed by atoms with Crippen molar-refractivity contribution >= 4 is 203 Å². The number of rotatable bonds is 6. The van der Waals surface area contributed by atoms with Gasteiger partial charge in [0.1, 0.15) is 88.8 Å². The summed E-state index contributed by atoms with van der Waals surface area (Å²) in [5.41, 5.74) is 33.8. The van der Waals surface area contributed by atoms with E-state index in [4.69, 9.17) is 174 Å². The van der Waals surface area contributed by atoms with Crippen LogP contribution in [0.25, 0.3) is 67.0 Å². The van der Waals surface area contributed by atoms with Crippen molar-refractivity contribution in [2.24, 2.45) is 0 Å². The highest BCUT2D eigenvalue weighted by molar-refractivity contribution is 8.44. The lowest BCUT2D eigenvalue weighted by atomic mass is 10.0. The van der Waals surface area contributed by atoms with Crippen molar-refractivity contribution < 1.29 is 135 Å². The number of anilines is 6. The van der Waals surface area contributed by atoms with Gasteiger partial charge in [0.25, 0.3) is 16.7 Å². The summed E-state index contributed by atoms with van der Waals surface area (Å²) in [4.78, 5) is 150. The van der Waals surface area contributed by atoms with Crippen molar-refractivity contribution in [2.45, 2.75) is 147 Å². The molecule has 11 aliphatic heterocycles. The highest BCUT2D eigenvalue weighted by atomic mass is 32.7. The smallest absolute Gasteiger partial charge is 0.397 e. The van der Waals surface area contributed by atoms with Crippen molar-refractivity contribution in [2.75, 3.05) is 87.3 Å². The Morgan fingerprint density at radius 2 is 0.770 bits per heavy atom. The molecule has 0 amide bonds. The molecule has 11 aliphatic rings. The number of fused-ring (bicyclic) bond motifs is 13. The van der Waals surface area contributed by atoms with Gasteiger partial charge in [-0.05, 0) is 65.4 Å². The van der Waals surface area contributed by atoms with E-state index in [9.17, 15) is 48.0 Å². The molecular formula is C65H73F2N27O30P6S5. The van der Waals surface area contributed by atoms with Crippen LogP contribution in [0.3, 0.4) is 0 Å². The van der Waals surface area contributed by atoms with Gasteiger partial charge in [-0.15, -0.1) is 0 Å². The maximum absolute atomic E-state index is 16.0. The van der Waals surface area contributed by atoms with Crippen LogP contribution in [0.15, 0.2) is 89.1 Å². The standard InChI is InChI=1S/2C22H25N9O10P2S2.C21H23F2N9O10P2S/c2*23-10-1-2-25-16-12(10)26-7-30(16)20-14-15-22(39-20,5-35-14)6-37-43(34,45)40-11-3-9(4-36-42(33,44)41-15)38-19(11)31-8-27-13-17(31)28-21(24)29-18(13)32;22-10-8-3-38-44(36,45)42-14-9(40-19(11(14)23)31-5-27-12-7(24)1-2-26-16(12)31)4-37-43(34,35)41-15(10)20(39-8)32-6-28-13-17(32)29-21(25)30-18(13)33/h2*1-2,7-9,11,14-15,19-20H,3-6H2,(H2,23,25)(H,33,44)(H,34,45)(H3,24,28,29,32);1-2,5-6,8-11,14-15,19-20H,3-4H2,(H2,24,26)(H,34,35)(H,36,45)(H3,25,29,30,33)/t2*9-,11+,14+,15-,19+,20+,22+,42?,43?;8-,9-,10-,11+,14-,15-,19-,20-,44?/m001/s1. The van der Waals surface area contributed by atoms with Crippen LogP contribution in [0.4, 0.5) is 43.7 Å². The molecule has 57 nitrogen and oxygen atoms in total. The fraction of sp³-hybridized carbons (Fsp3) is 0.492. The van der Waals surface area contributed by atoms with E-state index in [0.717, 1.165) is 10.9 Å². The zero-order chi connectivity index (χ0) is 94.4. The summed E-state index contributed by atoms with van der Waals surface area (Å²) in [7, 11) is -5.17. The molecule has 0 radical (unpaired) electrons. The Morgan fingerprint density at radius 3 is 1.23 bits per heavy atom. The molecule has 135 heavy (non-hydrogen) atoms. The summed E-state index contributed by atoms with van der Waals surface area (Å²) < 4.78 is 184. The van der Waals surface area contributed by atoms with Crippen LogP contribution in [-0.4, -0.2) is 276 Å². The largest absolute Gasteiger partial charge is 0.472 e. The predicted octanol–water partition coefficient (Wildman–Crippen LogP) is 1.02. The second kappa shape index (κ2) is 34.7.